The number of ether oxygens (including phenoxy) is 1. The van der Waals surface area contributed by atoms with E-state index in [1.807, 2.05) is 12.1 Å². The SMILES string of the molecule is CCCCCCCCCCCOc1c(C2CCCC2)cccc1[C@@H](SCCC(=O)O)[C@@H](O)CO. The number of hydrogen-bond donors (Lipinski definition) is 3. The summed E-state index contributed by atoms with van der Waals surface area (Å²) < 4.78 is 6.42. The van der Waals surface area contributed by atoms with Crippen molar-refractivity contribution in [1.29, 1.82) is 0 Å². The van der Waals surface area contributed by atoms with Crippen LogP contribution in [0.5, 0.6) is 5.75 Å². The first-order valence-corrected chi connectivity index (χ1v) is 14.5. The number of carboxylic acid groups (broad SMARTS) is 1. The van der Waals surface area contributed by atoms with Crippen LogP contribution in [0.1, 0.15) is 119 Å². The number of hydrogen-bond acceptors (Lipinski definition) is 5. The summed E-state index contributed by atoms with van der Waals surface area (Å²) in [4.78, 5) is 11.0. The normalized spacial score (nSPS) is 16.0. The Morgan fingerprint density at radius 1 is 1.06 bits per heavy atom. The van der Waals surface area contributed by atoms with Gasteiger partial charge in [-0.3, -0.25) is 4.79 Å². The van der Waals surface area contributed by atoms with Crippen LogP contribution < -0.4 is 4.74 Å². The molecule has 1 aromatic rings. The van der Waals surface area contributed by atoms with Gasteiger partial charge >= 0.3 is 5.97 Å². The number of thioether (sulfide) groups is 1. The minimum absolute atomic E-state index is 0.0241. The van der Waals surface area contributed by atoms with E-state index in [0.29, 0.717) is 18.3 Å². The van der Waals surface area contributed by atoms with Gasteiger partial charge in [0.2, 0.25) is 0 Å². The molecular formula is C28H46O5S. The quantitative estimate of drug-likeness (QED) is 0.182. The van der Waals surface area contributed by atoms with E-state index in [9.17, 15) is 15.0 Å². The van der Waals surface area contributed by atoms with Crippen LogP contribution >= 0.6 is 11.8 Å². The Morgan fingerprint density at radius 3 is 2.32 bits per heavy atom. The maximum atomic E-state index is 11.0. The van der Waals surface area contributed by atoms with Crippen LogP contribution in [0, 0.1) is 0 Å². The lowest BCUT2D eigenvalue weighted by molar-refractivity contribution is -0.136. The summed E-state index contributed by atoms with van der Waals surface area (Å²) in [7, 11) is 0. The van der Waals surface area contributed by atoms with E-state index < -0.39 is 17.3 Å². The Bertz CT molecular complexity index is 689. The van der Waals surface area contributed by atoms with Crippen molar-refractivity contribution in [2.75, 3.05) is 19.0 Å². The summed E-state index contributed by atoms with van der Waals surface area (Å²) in [6.45, 7) is 2.53. The number of rotatable bonds is 19. The Morgan fingerprint density at radius 2 is 1.71 bits per heavy atom. The van der Waals surface area contributed by atoms with E-state index in [4.69, 9.17) is 9.84 Å². The number of carbonyl (C=O) groups is 1. The number of carboxylic acids is 1. The molecule has 1 aliphatic rings. The molecule has 0 unspecified atom stereocenters. The summed E-state index contributed by atoms with van der Waals surface area (Å²) in [6.07, 6.45) is 15.2. The van der Waals surface area contributed by atoms with Gasteiger partial charge in [-0.05, 0) is 30.7 Å². The lowest BCUT2D eigenvalue weighted by Gasteiger charge is -2.26. The van der Waals surface area contributed by atoms with E-state index >= 15 is 0 Å². The molecule has 2 rings (SSSR count). The summed E-state index contributed by atoms with van der Waals surface area (Å²) in [5, 5.41) is 28.9. The average Bonchev–Trinajstić information content (AvgIpc) is 3.37. The number of aliphatic hydroxyl groups is 2. The molecule has 0 amide bonds. The molecule has 0 aromatic heterocycles. The topological polar surface area (TPSA) is 87.0 Å². The fraction of sp³-hybridized carbons (Fsp3) is 0.750. The van der Waals surface area contributed by atoms with Crippen molar-refractivity contribution < 1.29 is 24.9 Å². The maximum absolute atomic E-state index is 11.0. The molecule has 2 atom stereocenters. The molecule has 0 radical (unpaired) electrons. The Balaban J connectivity index is 2.03. The highest BCUT2D eigenvalue weighted by molar-refractivity contribution is 7.99. The smallest absolute Gasteiger partial charge is 0.304 e. The van der Waals surface area contributed by atoms with Crippen molar-refractivity contribution in [3.8, 4) is 5.75 Å². The number of aliphatic carboxylic acids is 1. The van der Waals surface area contributed by atoms with Crippen molar-refractivity contribution in [2.24, 2.45) is 0 Å². The van der Waals surface area contributed by atoms with Gasteiger partial charge in [0, 0.05) is 11.3 Å². The molecule has 0 saturated heterocycles. The zero-order valence-corrected chi connectivity index (χ0v) is 21.9. The van der Waals surface area contributed by atoms with Crippen LogP contribution in [-0.2, 0) is 4.79 Å². The highest BCUT2D eigenvalue weighted by Gasteiger charge is 2.29. The number of aliphatic hydroxyl groups excluding tert-OH is 2. The molecule has 0 heterocycles. The van der Waals surface area contributed by atoms with Gasteiger partial charge < -0.3 is 20.1 Å². The number of benzene rings is 1. The molecule has 0 aliphatic heterocycles. The van der Waals surface area contributed by atoms with Crippen molar-refractivity contribution in [3.63, 3.8) is 0 Å². The van der Waals surface area contributed by atoms with E-state index in [1.54, 1.807) is 0 Å². The second-order valence-electron chi connectivity index (χ2n) is 9.61. The van der Waals surface area contributed by atoms with E-state index in [0.717, 1.165) is 37.0 Å². The summed E-state index contributed by atoms with van der Waals surface area (Å²) >= 11 is 1.39. The van der Waals surface area contributed by atoms with Gasteiger partial charge in [0.05, 0.1) is 31.0 Å². The van der Waals surface area contributed by atoms with Crippen LogP contribution in [0.25, 0.3) is 0 Å². The highest BCUT2D eigenvalue weighted by Crippen LogP contribution is 2.45. The van der Waals surface area contributed by atoms with Crippen LogP contribution in [0.4, 0.5) is 0 Å². The van der Waals surface area contributed by atoms with Gasteiger partial charge in [-0.25, -0.2) is 0 Å². The Labute approximate surface area is 210 Å². The fourth-order valence-corrected chi connectivity index (χ4v) is 6.11. The molecule has 1 fully saturated rings. The van der Waals surface area contributed by atoms with Gasteiger partial charge in [0.15, 0.2) is 0 Å². The number of unbranched alkanes of at least 4 members (excludes halogenated alkanes) is 8. The second kappa shape index (κ2) is 17.2. The molecule has 1 aliphatic carbocycles. The Kier molecular flexibility index (Phi) is 14.7. The predicted octanol–water partition coefficient (Wildman–Crippen LogP) is 6.86. The third kappa shape index (κ3) is 10.2. The molecule has 0 bridgehead atoms. The van der Waals surface area contributed by atoms with E-state index in [2.05, 4.69) is 13.0 Å². The zero-order valence-electron chi connectivity index (χ0n) is 21.1. The summed E-state index contributed by atoms with van der Waals surface area (Å²) in [5.74, 6) is 0.845. The summed E-state index contributed by atoms with van der Waals surface area (Å²) in [5.41, 5.74) is 2.09. The molecule has 0 spiro atoms. The van der Waals surface area contributed by atoms with Crippen molar-refractivity contribution in [2.45, 2.75) is 114 Å². The number of para-hydroxylation sites is 1. The molecule has 5 nitrogen and oxygen atoms in total. The molecule has 1 saturated carbocycles. The van der Waals surface area contributed by atoms with Crippen molar-refractivity contribution >= 4 is 17.7 Å². The largest absolute Gasteiger partial charge is 0.493 e. The zero-order chi connectivity index (χ0) is 24.6. The lowest BCUT2D eigenvalue weighted by atomic mass is 9.92. The molecular weight excluding hydrogens is 448 g/mol. The highest BCUT2D eigenvalue weighted by atomic mass is 32.2. The lowest BCUT2D eigenvalue weighted by Crippen LogP contribution is -2.22. The van der Waals surface area contributed by atoms with Crippen LogP contribution in [0.2, 0.25) is 0 Å². The van der Waals surface area contributed by atoms with Gasteiger partial charge in [-0.1, -0.05) is 89.3 Å². The van der Waals surface area contributed by atoms with Gasteiger partial charge in [0.1, 0.15) is 5.75 Å². The first-order chi connectivity index (χ1) is 16.6. The van der Waals surface area contributed by atoms with Crippen LogP contribution in [0.3, 0.4) is 0 Å². The van der Waals surface area contributed by atoms with Gasteiger partial charge in [0.25, 0.3) is 0 Å². The first kappa shape index (κ1) is 29.0. The van der Waals surface area contributed by atoms with Crippen LogP contribution in [0.15, 0.2) is 18.2 Å². The minimum Gasteiger partial charge on any atom is -0.493 e. The third-order valence-corrected chi connectivity index (χ3v) is 8.19. The van der Waals surface area contributed by atoms with Crippen molar-refractivity contribution in [1.82, 2.24) is 0 Å². The summed E-state index contributed by atoms with van der Waals surface area (Å²) in [6, 6.07) is 6.14. The van der Waals surface area contributed by atoms with Gasteiger partial charge in [-0.15, -0.1) is 0 Å². The standard InChI is InChI=1S/C28H46O5S/c1-2-3-4-5-6-7-8-9-12-19-33-27-23(22-14-10-11-15-22)16-13-17-24(27)28(25(30)21-29)34-20-18-26(31)32/h13,16-17,22,25,28-30H,2-12,14-15,18-21H2,1H3,(H,31,32)/t25-,28+/m0/s1. The fourth-order valence-electron chi connectivity index (χ4n) is 4.89. The van der Waals surface area contributed by atoms with E-state index in [1.165, 1.54) is 75.1 Å². The third-order valence-electron chi connectivity index (χ3n) is 6.82. The van der Waals surface area contributed by atoms with Gasteiger partial charge in [-0.2, -0.15) is 11.8 Å². The maximum Gasteiger partial charge on any atom is 0.304 e. The average molecular weight is 495 g/mol. The molecule has 34 heavy (non-hydrogen) atoms. The van der Waals surface area contributed by atoms with E-state index in [-0.39, 0.29) is 13.0 Å². The van der Waals surface area contributed by atoms with Crippen molar-refractivity contribution in [3.05, 3.63) is 29.3 Å². The first-order valence-electron chi connectivity index (χ1n) is 13.5. The molecule has 1 aromatic carbocycles. The van der Waals surface area contributed by atoms with Crippen LogP contribution in [-0.4, -0.2) is 46.4 Å². The second-order valence-corrected chi connectivity index (χ2v) is 10.9. The predicted molar refractivity (Wildman–Crippen MR) is 141 cm³/mol. The molecule has 6 heteroatoms. The minimum atomic E-state index is -0.965. The Hall–Kier alpha value is -1.24. The molecule has 194 valence electrons. The monoisotopic (exact) mass is 494 g/mol. The molecule has 3 N–H and O–H groups in total.